The Morgan fingerprint density at radius 2 is 2.22 bits per heavy atom. The number of rotatable bonds is 6. The second-order valence-electron chi connectivity index (χ2n) is 4.81. The molecule has 1 aliphatic carbocycles. The summed E-state index contributed by atoms with van der Waals surface area (Å²) in [4.78, 5) is 0.784. The van der Waals surface area contributed by atoms with Gasteiger partial charge in [-0.15, -0.1) is 11.3 Å². The second-order valence-corrected chi connectivity index (χ2v) is 7.48. The minimum absolute atomic E-state index is 0.225. The monoisotopic (exact) mass is 289 g/mol. The minimum atomic E-state index is -3.47. The van der Waals surface area contributed by atoms with Crippen molar-refractivity contribution in [2.45, 2.75) is 44.1 Å². The molecule has 2 rings (SSSR count). The smallest absolute Gasteiger partial charge is 0.242 e. The first kappa shape index (κ1) is 14.0. The maximum absolute atomic E-state index is 12.2. The van der Waals surface area contributed by atoms with Crippen LogP contribution in [0.25, 0.3) is 0 Å². The van der Waals surface area contributed by atoms with Crippen LogP contribution in [-0.2, 0) is 16.6 Å². The average Bonchev–Trinajstić information content (AvgIpc) is 2.64. The van der Waals surface area contributed by atoms with E-state index >= 15 is 0 Å². The van der Waals surface area contributed by atoms with Crippen molar-refractivity contribution in [2.75, 3.05) is 6.54 Å². The van der Waals surface area contributed by atoms with Gasteiger partial charge < -0.3 is 5.11 Å². The third kappa shape index (κ3) is 2.93. The number of aliphatic hydroxyl groups excluding tert-OH is 1. The van der Waals surface area contributed by atoms with Gasteiger partial charge in [0.1, 0.15) is 4.90 Å². The molecule has 0 unspecified atom stereocenters. The highest BCUT2D eigenvalue weighted by Gasteiger charge is 2.23. The Morgan fingerprint density at radius 1 is 1.50 bits per heavy atom. The van der Waals surface area contributed by atoms with E-state index in [4.69, 9.17) is 0 Å². The Kier molecular flexibility index (Phi) is 4.42. The molecule has 0 radical (unpaired) electrons. The van der Waals surface area contributed by atoms with Gasteiger partial charge in [0.25, 0.3) is 0 Å². The summed E-state index contributed by atoms with van der Waals surface area (Å²) in [5.41, 5.74) is 0.709. The van der Waals surface area contributed by atoms with E-state index in [1.165, 1.54) is 30.6 Å². The van der Waals surface area contributed by atoms with Crippen LogP contribution in [0.15, 0.2) is 10.3 Å². The van der Waals surface area contributed by atoms with Crippen LogP contribution in [0, 0.1) is 12.8 Å². The number of aryl methyl sites for hydroxylation is 1. The Morgan fingerprint density at radius 3 is 2.78 bits per heavy atom. The molecule has 0 saturated heterocycles. The molecule has 1 aliphatic rings. The largest absolute Gasteiger partial charge is 0.391 e. The van der Waals surface area contributed by atoms with E-state index in [0.717, 1.165) is 6.42 Å². The number of thiophene rings is 1. The van der Waals surface area contributed by atoms with Crippen molar-refractivity contribution < 1.29 is 13.5 Å². The molecule has 1 fully saturated rings. The molecule has 1 heterocycles. The molecule has 0 atom stereocenters. The zero-order chi connectivity index (χ0) is 13.2. The molecule has 1 aromatic rings. The summed E-state index contributed by atoms with van der Waals surface area (Å²) < 4.78 is 27.0. The summed E-state index contributed by atoms with van der Waals surface area (Å²) in [6.45, 7) is 2.03. The van der Waals surface area contributed by atoms with Crippen molar-refractivity contribution in [1.82, 2.24) is 4.72 Å². The van der Waals surface area contributed by atoms with Crippen molar-refractivity contribution in [2.24, 2.45) is 5.92 Å². The van der Waals surface area contributed by atoms with Crippen LogP contribution in [0.3, 0.4) is 0 Å². The SMILES string of the molecule is Cc1csc(CO)c1S(=O)(=O)NCCC1CCC1. The van der Waals surface area contributed by atoms with Gasteiger partial charge in [0.05, 0.1) is 11.5 Å². The molecular formula is C12H19NO3S2. The zero-order valence-electron chi connectivity index (χ0n) is 10.5. The fraction of sp³-hybridized carbons (Fsp3) is 0.667. The predicted octanol–water partition coefficient (Wildman–Crippen LogP) is 2.02. The fourth-order valence-corrected chi connectivity index (χ4v) is 4.91. The van der Waals surface area contributed by atoms with Gasteiger partial charge in [-0.05, 0) is 30.2 Å². The highest BCUT2D eigenvalue weighted by Crippen LogP contribution is 2.30. The number of hydrogen-bond donors (Lipinski definition) is 2. The minimum Gasteiger partial charge on any atom is -0.391 e. The predicted molar refractivity (Wildman–Crippen MR) is 72.1 cm³/mol. The maximum atomic E-state index is 12.2. The second kappa shape index (κ2) is 5.69. The van der Waals surface area contributed by atoms with Crippen molar-refractivity contribution in [3.63, 3.8) is 0 Å². The highest BCUT2D eigenvalue weighted by atomic mass is 32.2. The molecular weight excluding hydrogens is 270 g/mol. The van der Waals surface area contributed by atoms with Gasteiger partial charge >= 0.3 is 0 Å². The van der Waals surface area contributed by atoms with Gasteiger partial charge in [-0.1, -0.05) is 19.3 Å². The standard InChI is InChI=1S/C12H19NO3S2/c1-9-8-17-11(7-14)12(9)18(15,16)13-6-5-10-3-2-4-10/h8,10,13-14H,2-7H2,1H3. The first-order valence-electron chi connectivity index (χ1n) is 6.22. The van der Waals surface area contributed by atoms with Gasteiger partial charge in [-0.3, -0.25) is 0 Å². The summed E-state index contributed by atoms with van der Waals surface area (Å²) in [6, 6.07) is 0. The van der Waals surface area contributed by atoms with Gasteiger partial charge in [0, 0.05) is 6.54 Å². The quantitative estimate of drug-likeness (QED) is 0.842. The average molecular weight is 289 g/mol. The van der Waals surface area contributed by atoms with Gasteiger partial charge in [0.2, 0.25) is 10.0 Å². The third-order valence-corrected chi connectivity index (χ3v) is 6.38. The van der Waals surface area contributed by atoms with Gasteiger partial charge in [0.15, 0.2) is 0 Å². The number of aliphatic hydroxyl groups is 1. The number of hydrogen-bond acceptors (Lipinski definition) is 4. The summed E-state index contributed by atoms with van der Waals surface area (Å²) in [6.07, 6.45) is 4.63. The van der Waals surface area contributed by atoms with E-state index in [0.29, 0.717) is 22.9 Å². The molecule has 0 spiro atoms. The lowest BCUT2D eigenvalue weighted by Gasteiger charge is -2.25. The summed E-state index contributed by atoms with van der Waals surface area (Å²) in [7, 11) is -3.47. The molecule has 6 heteroatoms. The molecule has 102 valence electrons. The Labute approximate surface area is 112 Å². The molecule has 0 amide bonds. The summed E-state index contributed by atoms with van der Waals surface area (Å²) in [5.74, 6) is 0.689. The van der Waals surface area contributed by atoms with E-state index in [2.05, 4.69) is 4.72 Å². The van der Waals surface area contributed by atoms with Crippen LogP contribution in [0.1, 0.15) is 36.1 Å². The maximum Gasteiger partial charge on any atom is 0.242 e. The van der Waals surface area contributed by atoms with Crippen LogP contribution in [0.2, 0.25) is 0 Å². The van der Waals surface area contributed by atoms with Gasteiger partial charge in [-0.2, -0.15) is 0 Å². The topological polar surface area (TPSA) is 66.4 Å². The molecule has 2 N–H and O–H groups in total. The lowest BCUT2D eigenvalue weighted by Crippen LogP contribution is -2.28. The van der Waals surface area contributed by atoms with Crippen molar-refractivity contribution in [3.8, 4) is 0 Å². The highest BCUT2D eigenvalue weighted by molar-refractivity contribution is 7.89. The Bertz CT molecular complexity index is 503. The molecule has 0 bridgehead atoms. The molecule has 1 aromatic heterocycles. The first-order valence-corrected chi connectivity index (χ1v) is 8.58. The van der Waals surface area contributed by atoms with Crippen molar-refractivity contribution in [1.29, 1.82) is 0 Å². The van der Waals surface area contributed by atoms with Gasteiger partial charge in [-0.25, -0.2) is 13.1 Å². The number of nitrogens with one attached hydrogen (secondary N) is 1. The van der Waals surface area contributed by atoms with Crippen molar-refractivity contribution in [3.05, 3.63) is 15.8 Å². The Hall–Kier alpha value is -0.430. The van der Waals surface area contributed by atoms with E-state index in [1.807, 2.05) is 0 Å². The van der Waals surface area contributed by atoms with Crippen molar-refractivity contribution >= 4 is 21.4 Å². The normalized spacial score (nSPS) is 16.8. The Balaban J connectivity index is 2.02. The van der Waals surface area contributed by atoms with E-state index in [-0.39, 0.29) is 11.5 Å². The van der Waals surface area contributed by atoms with Crippen LogP contribution in [0.4, 0.5) is 0 Å². The molecule has 1 saturated carbocycles. The van der Waals surface area contributed by atoms with E-state index in [9.17, 15) is 13.5 Å². The van der Waals surface area contributed by atoms with Crippen LogP contribution >= 0.6 is 11.3 Å². The van der Waals surface area contributed by atoms with E-state index in [1.54, 1.807) is 12.3 Å². The third-order valence-electron chi connectivity index (χ3n) is 3.47. The molecule has 18 heavy (non-hydrogen) atoms. The van der Waals surface area contributed by atoms with E-state index < -0.39 is 10.0 Å². The first-order chi connectivity index (χ1) is 8.54. The summed E-state index contributed by atoms with van der Waals surface area (Å²) >= 11 is 1.29. The molecule has 4 nitrogen and oxygen atoms in total. The lowest BCUT2D eigenvalue weighted by molar-refractivity contribution is 0.282. The zero-order valence-corrected chi connectivity index (χ0v) is 12.1. The number of sulfonamides is 1. The molecule has 0 aliphatic heterocycles. The fourth-order valence-electron chi connectivity index (χ4n) is 2.21. The van der Waals surface area contributed by atoms with Crippen LogP contribution in [0.5, 0.6) is 0 Å². The summed E-state index contributed by atoms with van der Waals surface area (Å²) in [5, 5.41) is 10.9. The van der Waals surface area contributed by atoms with Crippen LogP contribution in [-0.4, -0.2) is 20.1 Å². The lowest BCUT2D eigenvalue weighted by atomic mass is 9.83. The van der Waals surface area contributed by atoms with Crippen LogP contribution < -0.4 is 4.72 Å². The molecule has 0 aromatic carbocycles.